The molecule has 0 aliphatic heterocycles. The summed E-state index contributed by atoms with van der Waals surface area (Å²) in [6.07, 6.45) is -0.106. The third-order valence-electron chi connectivity index (χ3n) is 7.96. The molecular formula is C26H32N4O8. The van der Waals surface area contributed by atoms with Gasteiger partial charge in [0.25, 0.3) is 5.91 Å². The maximum atomic E-state index is 14.0. The number of benzene rings is 1. The quantitative estimate of drug-likeness (QED) is 0.276. The number of ketones is 2. The van der Waals surface area contributed by atoms with Crippen molar-refractivity contribution in [1.29, 1.82) is 0 Å². The molecular weight excluding hydrogens is 496 g/mol. The molecule has 0 spiro atoms. The summed E-state index contributed by atoms with van der Waals surface area (Å²) in [5.41, 5.74) is 1.03. The van der Waals surface area contributed by atoms with Crippen molar-refractivity contribution in [2.75, 3.05) is 39.6 Å². The van der Waals surface area contributed by atoms with Gasteiger partial charge < -0.3 is 36.4 Å². The first kappa shape index (κ1) is 27.1. The summed E-state index contributed by atoms with van der Waals surface area (Å²) in [4.78, 5) is 54.9. The van der Waals surface area contributed by atoms with Crippen molar-refractivity contribution in [3.05, 3.63) is 45.9 Å². The summed E-state index contributed by atoms with van der Waals surface area (Å²) < 4.78 is 0. The highest BCUT2D eigenvalue weighted by atomic mass is 16.3. The Morgan fingerprint density at radius 3 is 2.29 bits per heavy atom. The largest absolute Gasteiger partial charge is 0.510 e. The molecule has 7 N–H and O–H groups in total. The third kappa shape index (κ3) is 3.58. The maximum absolute atomic E-state index is 14.0. The van der Waals surface area contributed by atoms with Crippen molar-refractivity contribution >= 4 is 29.1 Å². The number of fused-ring (bicyclic) bond motifs is 3. The van der Waals surface area contributed by atoms with Gasteiger partial charge in [0.1, 0.15) is 22.8 Å². The Kier molecular flexibility index (Phi) is 6.32. The third-order valence-corrected chi connectivity index (χ3v) is 7.96. The number of nitrogens with one attached hydrogen (secondary N) is 1. The zero-order valence-electron chi connectivity index (χ0n) is 21.8. The van der Waals surface area contributed by atoms with E-state index in [-0.39, 0.29) is 36.3 Å². The van der Waals surface area contributed by atoms with Crippen LogP contribution in [-0.4, -0.2) is 95.1 Å². The Morgan fingerprint density at radius 2 is 1.76 bits per heavy atom. The minimum Gasteiger partial charge on any atom is -0.510 e. The highest BCUT2D eigenvalue weighted by Gasteiger charge is 2.66. The van der Waals surface area contributed by atoms with E-state index < -0.39 is 63.4 Å². The van der Waals surface area contributed by atoms with E-state index in [4.69, 9.17) is 5.73 Å². The number of likely N-dealkylation sites (N-methyl/N-ethyl adjacent to an activating group) is 1. The average molecular weight is 529 g/mol. The minimum atomic E-state index is -2.78. The number of Topliss-reactive ketones (excluding diaryl/α,β-unsaturated/α-hetero) is 2. The van der Waals surface area contributed by atoms with Crippen LogP contribution < -0.4 is 16.0 Å². The Morgan fingerprint density at radius 1 is 1.13 bits per heavy atom. The van der Waals surface area contributed by atoms with Crippen molar-refractivity contribution in [3.8, 4) is 5.75 Å². The number of nitrogens with two attached hydrogens (primary N) is 1. The van der Waals surface area contributed by atoms with E-state index in [0.717, 1.165) is 0 Å². The second-order valence-corrected chi connectivity index (χ2v) is 10.7. The number of hydrogen-bond acceptors (Lipinski definition) is 10. The molecule has 0 radical (unpaired) electrons. The number of carbonyl (C=O) groups excluding carboxylic acids is 4. The van der Waals surface area contributed by atoms with Gasteiger partial charge in [0, 0.05) is 50.2 Å². The second kappa shape index (κ2) is 8.84. The number of nitrogens with zero attached hydrogens (tertiary/aromatic N) is 2. The van der Waals surface area contributed by atoms with Crippen LogP contribution in [0.5, 0.6) is 5.75 Å². The van der Waals surface area contributed by atoms with E-state index in [1.807, 2.05) is 0 Å². The molecule has 204 valence electrons. The number of rotatable bonds is 5. The molecule has 0 saturated carbocycles. The number of hydrogen-bond donors (Lipinski definition) is 6. The molecule has 0 unspecified atom stereocenters. The zero-order valence-corrected chi connectivity index (χ0v) is 21.8. The molecule has 38 heavy (non-hydrogen) atoms. The monoisotopic (exact) mass is 528 g/mol. The first-order valence-corrected chi connectivity index (χ1v) is 12.0. The molecule has 12 nitrogen and oxygen atoms in total. The van der Waals surface area contributed by atoms with Crippen molar-refractivity contribution in [1.82, 2.24) is 10.2 Å². The molecule has 3 aliphatic rings. The summed E-state index contributed by atoms with van der Waals surface area (Å²) in [6.45, 7) is 1.14. The number of phenolic OH excluding ortho intramolecular Hbond substituents is 1. The van der Waals surface area contributed by atoms with Crippen LogP contribution >= 0.6 is 0 Å². The SMILES string of the molecule is CC(=O)NC[C@@]12Cc3c(N(C)C)ccc(O)c3C(=O)C1=C(O)[C@]1(O)C(=O)C(C(N)=O)=C(O)[C@@H](N(C)C)[C@@H]1C2. The fourth-order valence-electron chi connectivity index (χ4n) is 6.36. The van der Waals surface area contributed by atoms with E-state index in [1.54, 1.807) is 39.2 Å². The van der Waals surface area contributed by atoms with E-state index >= 15 is 0 Å². The summed E-state index contributed by atoms with van der Waals surface area (Å²) in [6, 6.07) is 1.83. The first-order valence-electron chi connectivity index (χ1n) is 12.0. The van der Waals surface area contributed by atoms with Crippen LogP contribution in [0.4, 0.5) is 5.69 Å². The molecule has 1 aromatic rings. The number of amides is 2. The lowest BCUT2D eigenvalue weighted by Crippen LogP contribution is -2.66. The first-order chi connectivity index (χ1) is 17.6. The Labute approximate surface area is 219 Å². The van der Waals surface area contributed by atoms with Crippen LogP contribution in [0.25, 0.3) is 0 Å². The summed E-state index contributed by atoms with van der Waals surface area (Å²) >= 11 is 0. The van der Waals surface area contributed by atoms with Gasteiger partial charge in [-0.15, -0.1) is 0 Å². The fraction of sp³-hybridized carbons (Fsp3) is 0.462. The summed E-state index contributed by atoms with van der Waals surface area (Å²) in [5, 5.41) is 47.8. The number of primary amides is 1. The van der Waals surface area contributed by atoms with Crippen molar-refractivity contribution in [2.24, 2.45) is 17.1 Å². The van der Waals surface area contributed by atoms with Gasteiger partial charge in [-0.1, -0.05) is 0 Å². The van der Waals surface area contributed by atoms with Gasteiger partial charge in [-0.3, -0.25) is 24.1 Å². The maximum Gasteiger partial charge on any atom is 0.255 e. The molecule has 4 rings (SSSR count). The molecule has 0 fully saturated rings. The van der Waals surface area contributed by atoms with E-state index in [2.05, 4.69) is 5.32 Å². The molecule has 2 amide bonds. The fourth-order valence-corrected chi connectivity index (χ4v) is 6.36. The van der Waals surface area contributed by atoms with Gasteiger partial charge in [-0.25, -0.2) is 0 Å². The number of carbonyl (C=O) groups is 4. The predicted octanol–water partition coefficient (Wildman–Crippen LogP) is -0.307. The van der Waals surface area contributed by atoms with Gasteiger partial charge in [-0.05, 0) is 44.6 Å². The lowest BCUT2D eigenvalue weighted by atomic mass is 9.52. The topological polar surface area (TPSA) is 194 Å². The van der Waals surface area contributed by atoms with Crippen LogP contribution in [0.15, 0.2) is 34.8 Å². The van der Waals surface area contributed by atoms with Crippen LogP contribution in [0, 0.1) is 11.3 Å². The van der Waals surface area contributed by atoms with Crippen LogP contribution in [0.1, 0.15) is 29.3 Å². The van der Waals surface area contributed by atoms with Crippen molar-refractivity contribution < 1.29 is 39.6 Å². The lowest BCUT2D eigenvalue weighted by Gasteiger charge is -2.54. The summed E-state index contributed by atoms with van der Waals surface area (Å²) in [5.74, 6) is -7.09. The molecule has 1 aromatic carbocycles. The Bertz CT molecular complexity index is 1350. The highest BCUT2D eigenvalue weighted by Crippen LogP contribution is 2.58. The van der Waals surface area contributed by atoms with Gasteiger partial charge in [0.05, 0.1) is 11.6 Å². The normalized spacial score (nSPS) is 28.6. The van der Waals surface area contributed by atoms with Gasteiger partial charge in [0.15, 0.2) is 11.4 Å². The van der Waals surface area contributed by atoms with Gasteiger partial charge in [0.2, 0.25) is 11.7 Å². The number of aromatic hydroxyl groups is 1. The number of phenols is 1. The van der Waals surface area contributed by atoms with E-state index in [1.165, 1.54) is 17.9 Å². The van der Waals surface area contributed by atoms with E-state index in [9.17, 15) is 39.6 Å². The lowest BCUT2D eigenvalue weighted by molar-refractivity contribution is -0.150. The molecule has 0 bridgehead atoms. The molecule has 0 aromatic heterocycles. The van der Waals surface area contributed by atoms with E-state index in [0.29, 0.717) is 11.3 Å². The van der Waals surface area contributed by atoms with Gasteiger partial charge >= 0.3 is 0 Å². The van der Waals surface area contributed by atoms with Crippen molar-refractivity contribution in [2.45, 2.75) is 31.4 Å². The second-order valence-electron chi connectivity index (χ2n) is 10.7. The zero-order chi connectivity index (χ0) is 28.5. The van der Waals surface area contributed by atoms with Crippen LogP contribution in [0.3, 0.4) is 0 Å². The number of anilines is 1. The van der Waals surface area contributed by atoms with Crippen LogP contribution in [-0.2, 0) is 20.8 Å². The number of aliphatic hydroxyl groups is 3. The average Bonchev–Trinajstić information content (AvgIpc) is 2.79. The Balaban J connectivity index is 2.08. The standard InChI is InChI=1S/C26H32N4O8/c1-11(31)28-10-25-8-12-14(29(2)3)6-7-15(32)16(12)20(33)18(25)23(36)26(38)13(9-25)19(30(4)5)21(34)17(22(26)35)24(27)37/h6-7,13,19,32,34,36,38H,8-10H2,1-5H3,(H2,27,37)(H,28,31)/t13-,19-,25-,26+/m0/s1. The molecule has 3 aliphatic carbocycles. The highest BCUT2D eigenvalue weighted by molar-refractivity contribution is 6.25. The Hall–Kier alpha value is -3.90. The van der Waals surface area contributed by atoms with Crippen LogP contribution in [0.2, 0.25) is 0 Å². The molecule has 12 heteroatoms. The van der Waals surface area contributed by atoms with Gasteiger partial charge in [-0.2, -0.15) is 0 Å². The van der Waals surface area contributed by atoms with Crippen molar-refractivity contribution in [3.63, 3.8) is 0 Å². The smallest absolute Gasteiger partial charge is 0.255 e. The molecule has 4 atom stereocenters. The molecule has 0 heterocycles. The molecule has 0 saturated heterocycles. The minimum absolute atomic E-state index is 0.0454. The number of aliphatic hydroxyl groups excluding tert-OH is 2. The predicted molar refractivity (Wildman–Crippen MR) is 136 cm³/mol. The summed E-state index contributed by atoms with van der Waals surface area (Å²) in [7, 11) is 6.62.